The fourth-order valence-electron chi connectivity index (χ4n) is 2.47. The first-order valence-electron chi connectivity index (χ1n) is 6.90. The second kappa shape index (κ2) is 7.11. The van der Waals surface area contributed by atoms with Gasteiger partial charge in [-0.05, 0) is 25.1 Å². The van der Waals surface area contributed by atoms with Crippen LogP contribution in [-0.2, 0) is 14.3 Å². The van der Waals surface area contributed by atoms with Gasteiger partial charge in [0.15, 0.2) is 6.10 Å². The third-order valence-corrected chi connectivity index (χ3v) is 4.11. The highest BCUT2D eigenvalue weighted by atomic mass is 79.9. The Kier molecular flexibility index (Phi) is 5.42. The van der Waals surface area contributed by atoms with Crippen LogP contribution in [0.4, 0.5) is 0 Å². The third kappa shape index (κ3) is 3.78. The molecule has 0 radical (unpaired) electrons. The minimum absolute atomic E-state index is 0.261. The lowest BCUT2D eigenvalue weighted by molar-refractivity contribution is -0.150. The Bertz CT molecular complexity index is 565. The summed E-state index contributed by atoms with van der Waals surface area (Å²) >= 11 is 3.33. The van der Waals surface area contributed by atoms with Gasteiger partial charge in [-0.1, -0.05) is 22.0 Å². The molecule has 6 nitrogen and oxygen atoms in total. The first kappa shape index (κ1) is 16.8. The van der Waals surface area contributed by atoms with Gasteiger partial charge >= 0.3 is 5.97 Å². The molecule has 0 aliphatic carbocycles. The summed E-state index contributed by atoms with van der Waals surface area (Å²) in [6.07, 6.45) is -0.740. The van der Waals surface area contributed by atoms with Crippen LogP contribution < -0.4 is 4.74 Å². The van der Waals surface area contributed by atoms with Gasteiger partial charge in [-0.15, -0.1) is 0 Å². The molecule has 1 saturated heterocycles. The van der Waals surface area contributed by atoms with Crippen LogP contribution in [0.25, 0.3) is 0 Å². The first-order chi connectivity index (χ1) is 10.4. The van der Waals surface area contributed by atoms with Gasteiger partial charge in [-0.25, -0.2) is 4.79 Å². The average molecular weight is 372 g/mol. The number of aliphatic carboxylic acids is 1. The van der Waals surface area contributed by atoms with E-state index in [9.17, 15) is 14.7 Å². The second-order valence-electron chi connectivity index (χ2n) is 5.16. The molecule has 22 heavy (non-hydrogen) atoms. The fraction of sp³-hybridized carbons (Fsp3) is 0.467. The van der Waals surface area contributed by atoms with Crippen LogP contribution in [0.1, 0.15) is 13.3 Å². The second-order valence-corrected chi connectivity index (χ2v) is 6.07. The number of carbonyl (C=O) groups is 2. The predicted octanol–water partition coefficient (Wildman–Crippen LogP) is 1.92. The number of ether oxygens (including phenoxy) is 2. The molecule has 0 saturated carbocycles. The SMILES string of the molecule is COC1CC(C(=O)O)N(C(=O)C(C)Oc2cccc(Br)c2)C1. The van der Waals surface area contributed by atoms with Crippen molar-refractivity contribution in [2.24, 2.45) is 0 Å². The zero-order valence-electron chi connectivity index (χ0n) is 12.4. The molecule has 1 N–H and O–H groups in total. The van der Waals surface area contributed by atoms with Crippen molar-refractivity contribution in [2.45, 2.75) is 31.6 Å². The number of carboxylic acid groups (broad SMARTS) is 1. The Morgan fingerprint density at radius 2 is 2.18 bits per heavy atom. The number of methoxy groups -OCH3 is 1. The summed E-state index contributed by atoms with van der Waals surface area (Å²) in [6, 6.07) is 6.27. The van der Waals surface area contributed by atoms with E-state index in [1.54, 1.807) is 25.1 Å². The van der Waals surface area contributed by atoms with Crippen LogP contribution >= 0.6 is 15.9 Å². The van der Waals surface area contributed by atoms with E-state index in [4.69, 9.17) is 9.47 Å². The molecule has 0 bridgehead atoms. The molecule has 1 fully saturated rings. The molecule has 1 aromatic rings. The number of carboxylic acids is 1. The molecule has 1 amide bonds. The lowest BCUT2D eigenvalue weighted by Crippen LogP contribution is -2.46. The summed E-state index contributed by atoms with van der Waals surface area (Å²) in [5.74, 6) is -0.834. The molecular formula is C15H18BrNO5. The number of nitrogens with zero attached hydrogens (tertiary/aromatic N) is 1. The minimum atomic E-state index is -1.03. The van der Waals surface area contributed by atoms with E-state index >= 15 is 0 Å². The van der Waals surface area contributed by atoms with E-state index in [2.05, 4.69) is 15.9 Å². The highest BCUT2D eigenvalue weighted by molar-refractivity contribution is 9.10. The smallest absolute Gasteiger partial charge is 0.326 e. The van der Waals surface area contributed by atoms with Crippen LogP contribution in [-0.4, -0.2) is 53.8 Å². The number of benzene rings is 1. The lowest BCUT2D eigenvalue weighted by atomic mass is 10.2. The van der Waals surface area contributed by atoms with Crippen LogP contribution in [0.5, 0.6) is 5.75 Å². The van der Waals surface area contributed by atoms with E-state index in [1.807, 2.05) is 6.07 Å². The van der Waals surface area contributed by atoms with Gasteiger partial charge in [0.25, 0.3) is 5.91 Å². The highest BCUT2D eigenvalue weighted by Crippen LogP contribution is 2.23. The van der Waals surface area contributed by atoms with E-state index in [0.717, 1.165) is 4.47 Å². The van der Waals surface area contributed by atoms with Crippen LogP contribution in [0.3, 0.4) is 0 Å². The molecule has 1 heterocycles. The predicted molar refractivity (Wildman–Crippen MR) is 82.8 cm³/mol. The summed E-state index contributed by atoms with van der Waals surface area (Å²) in [6.45, 7) is 1.88. The Labute approximate surface area is 137 Å². The number of rotatable bonds is 5. The minimum Gasteiger partial charge on any atom is -0.481 e. The van der Waals surface area contributed by atoms with E-state index in [0.29, 0.717) is 12.2 Å². The van der Waals surface area contributed by atoms with E-state index in [1.165, 1.54) is 12.0 Å². The zero-order valence-corrected chi connectivity index (χ0v) is 13.9. The summed E-state index contributed by atoms with van der Waals surface area (Å²) in [7, 11) is 1.51. The Hall–Kier alpha value is -1.60. The normalized spacial score (nSPS) is 22.4. The molecule has 120 valence electrons. The maximum absolute atomic E-state index is 12.5. The third-order valence-electron chi connectivity index (χ3n) is 3.62. The van der Waals surface area contributed by atoms with Crippen molar-refractivity contribution < 1.29 is 24.2 Å². The van der Waals surface area contributed by atoms with Crippen molar-refractivity contribution in [2.75, 3.05) is 13.7 Å². The topological polar surface area (TPSA) is 76.1 Å². The number of halogens is 1. The fourth-order valence-corrected chi connectivity index (χ4v) is 2.85. The van der Waals surface area contributed by atoms with E-state index in [-0.39, 0.29) is 18.6 Å². The maximum atomic E-state index is 12.5. The molecule has 7 heteroatoms. The maximum Gasteiger partial charge on any atom is 0.326 e. The van der Waals surface area contributed by atoms with Crippen molar-refractivity contribution in [1.82, 2.24) is 4.90 Å². The number of hydrogen-bond acceptors (Lipinski definition) is 4. The Morgan fingerprint density at radius 3 is 2.77 bits per heavy atom. The molecule has 1 aliphatic rings. The van der Waals surface area contributed by atoms with Crippen molar-refractivity contribution in [1.29, 1.82) is 0 Å². The van der Waals surface area contributed by atoms with Gasteiger partial charge < -0.3 is 19.5 Å². The Morgan fingerprint density at radius 1 is 1.45 bits per heavy atom. The lowest BCUT2D eigenvalue weighted by Gasteiger charge is -2.25. The number of carbonyl (C=O) groups excluding carboxylic acids is 1. The quantitative estimate of drug-likeness (QED) is 0.855. The molecule has 0 spiro atoms. The van der Waals surface area contributed by atoms with Crippen molar-refractivity contribution >= 4 is 27.8 Å². The molecule has 2 rings (SSSR count). The zero-order chi connectivity index (χ0) is 16.3. The van der Waals surface area contributed by atoms with Gasteiger partial charge in [0.1, 0.15) is 11.8 Å². The molecule has 3 unspecified atom stereocenters. The largest absolute Gasteiger partial charge is 0.481 e. The number of likely N-dealkylation sites (tertiary alicyclic amines) is 1. The van der Waals surface area contributed by atoms with Gasteiger partial charge in [0.05, 0.1) is 6.10 Å². The standard InChI is InChI=1S/C15H18BrNO5/c1-9(22-11-5-3-4-10(16)6-11)14(18)17-8-12(21-2)7-13(17)15(19)20/h3-6,9,12-13H,7-8H2,1-2H3,(H,19,20). The summed E-state index contributed by atoms with van der Waals surface area (Å²) in [5, 5.41) is 9.26. The number of hydrogen-bond donors (Lipinski definition) is 1. The summed E-state index contributed by atoms with van der Waals surface area (Å²) < 4.78 is 11.6. The van der Waals surface area contributed by atoms with Crippen LogP contribution in [0, 0.1) is 0 Å². The van der Waals surface area contributed by atoms with Crippen molar-refractivity contribution in [3.8, 4) is 5.75 Å². The van der Waals surface area contributed by atoms with Gasteiger partial charge in [-0.2, -0.15) is 0 Å². The van der Waals surface area contributed by atoms with Gasteiger partial charge in [0, 0.05) is 24.5 Å². The molecule has 1 aliphatic heterocycles. The van der Waals surface area contributed by atoms with Gasteiger partial charge in [0.2, 0.25) is 0 Å². The highest BCUT2D eigenvalue weighted by Gasteiger charge is 2.41. The first-order valence-corrected chi connectivity index (χ1v) is 7.70. The van der Waals surface area contributed by atoms with Crippen molar-refractivity contribution in [3.05, 3.63) is 28.7 Å². The van der Waals surface area contributed by atoms with Gasteiger partial charge in [-0.3, -0.25) is 4.79 Å². The summed E-state index contributed by atoms with van der Waals surface area (Å²) in [5.41, 5.74) is 0. The molecule has 0 aromatic heterocycles. The Balaban J connectivity index is 2.07. The van der Waals surface area contributed by atoms with Crippen LogP contribution in [0.15, 0.2) is 28.7 Å². The summed E-state index contributed by atoms with van der Waals surface area (Å²) in [4.78, 5) is 25.1. The molecule has 1 aromatic carbocycles. The monoisotopic (exact) mass is 371 g/mol. The average Bonchev–Trinajstić information content (AvgIpc) is 2.91. The van der Waals surface area contributed by atoms with Crippen molar-refractivity contribution in [3.63, 3.8) is 0 Å². The molecule has 3 atom stereocenters. The molecular weight excluding hydrogens is 354 g/mol. The number of amides is 1. The van der Waals surface area contributed by atoms with Crippen LogP contribution in [0.2, 0.25) is 0 Å². The van der Waals surface area contributed by atoms with E-state index < -0.39 is 18.1 Å².